The molecule has 2 aromatic heterocycles. The van der Waals surface area contributed by atoms with Gasteiger partial charge in [-0.05, 0) is 31.9 Å². The molecule has 184 valence electrons. The van der Waals surface area contributed by atoms with E-state index in [0.29, 0.717) is 17.8 Å². The minimum atomic E-state index is -4.76. The van der Waals surface area contributed by atoms with Gasteiger partial charge in [-0.1, -0.05) is 5.22 Å². The monoisotopic (exact) mass is 485 g/mol. The molecule has 8 nitrogen and oxygen atoms in total. The van der Waals surface area contributed by atoms with Crippen molar-refractivity contribution in [3.63, 3.8) is 0 Å². The Kier molecular flexibility index (Phi) is 6.80. The van der Waals surface area contributed by atoms with Crippen molar-refractivity contribution in [2.24, 2.45) is 27.2 Å². The summed E-state index contributed by atoms with van der Waals surface area (Å²) in [5, 5.41) is 8.23. The topological polar surface area (TPSA) is 80.3 Å². The fourth-order valence-corrected chi connectivity index (χ4v) is 4.59. The van der Waals surface area contributed by atoms with Gasteiger partial charge >= 0.3 is 6.18 Å². The van der Waals surface area contributed by atoms with Gasteiger partial charge in [0.1, 0.15) is 24.4 Å². The minimum absolute atomic E-state index is 0.0907. The third-order valence-electron chi connectivity index (χ3n) is 6.08. The second-order valence-corrected chi connectivity index (χ2v) is 8.36. The maximum absolute atomic E-state index is 13.7. The average Bonchev–Trinajstić information content (AvgIpc) is 3.01. The first-order chi connectivity index (χ1) is 16.2. The molecule has 2 aromatic rings. The van der Waals surface area contributed by atoms with Gasteiger partial charge in [-0.25, -0.2) is 18.7 Å². The van der Waals surface area contributed by atoms with Crippen LogP contribution in [0, 0.1) is 18.8 Å². The SMILES string of the molecule is C/N=c1/c(OCC(F)F)ccc(C(F)(F)F)n1/N=N/[C@@H]1[C@@H]2CC[C@H]1CN(c1cc(C)ncn1)C2. The zero-order valence-corrected chi connectivity index (χ0v) is 18.6. The number of aryl methyl sites for hydroxylation is 1. The smallest absolute Gasteiger partial charge is 0.433 e. The molecule has 34 heavy (non-hydrogen) atoms. The number of fused-ring (bicyclic) bond motifs is 2. The van der Waals surface area contributed by atoms with E-state index in [-0.39, 0.29) is 29.1 Å². The molecule has 2 aliphatic rings. The lowest BCUT2D eigenvalue weighted by Gasteiger charge is -2.36. The van der Waals surface area contributed by atoms with Gasteiger partial charge in [0.15, 0.2) is 11.2 Å². The molecule has 1 aliphatic carbocycles. The van der Waals surface area contributed by atoms with E-state index in [1.165, 1.54) is 13.4 Å². The lowest BCUT2D eigenvalue weighted by Crippen LogP contribution is -2.44. The Bertz CT molecular complexity index is 1100. The highest BCUT2D eigenvalue weighted by Gasteiger charge is 2.43. The van der Waals surface area contributed by atoms with E-state index in [4.69, 9.17) is 4.74 Å². The highest BCUT2D eigenvalue weighted by Crippen LogP contribution is 2.40. The maximum Gasteiger partial charge on any atom is 0.433 e. The summed E-state index contributed by atoms with van der Waals surface area (Å²) >= 11 is 0. The van der Waals surface area contributed by atoms with Crippen LogP contribution in [0.15, 0.2) is 39.9 Å². The first kappa shape index (κ1) is 24.0. The Balaban J connectivity index is 1.62. The Hall–Kier alpha value is -3.12. The molecule has 0 N–H and O–H groups in total. The fourth-order valence-electron chi connectivity index (χ4n) is 4.59. The Morgan fingerprint density at radius 2 is 1.85 bits per heavy atom. The molecular formula is C21H24F5N7O. The number of rotatable bonds is 6. The van der Waals surface area contributed by atoms with Gasteiger partial charge < -0.3 is 9.64 Å². The van der Waals surface area contributed by atoms with Crippen molar-refractivity contribution in [3.05, 3.63) is 41.4 Å². The third kappa shape index (κ3) is 5.02. The molecule has 0 amide bonds. The highest BCUT2D eigenvalue weighted by molar-refractivity contribution is 5.40. The van der Waals surface area contributed by atoms with Crippen LogP contribution in [-0.4, -0.2) is 53.9 Å². The second-order valence-electron chi connectivity index (χ2n) is 8.36. The van der Waals surface area contributed by atoms with E-state index >= 15 is 0 Å². The van der Waals surface area contributed by atoms with Gasteiger partial charge in [0, 0.05) is 43.7 Å². The first-order valence-electron chi connectivity index (χ1n) is 10.8. The molecular weight excluding hydrogens is 461 g/mol. The standard InChI is InChI=1S/C21H24F5N7O/c1-12-7-18(29-11-28-12)32-8-13-3-4-14(9-32)19(13)30-31-33-16(21(24,25)26)6-5-15(20(33)27-2)34-10-17(22)23/h5-7,11,13-14,17,19H,3-4,8-10H2,1-2H3/b27-20-,31-30+/t13-,14+,19-. The third-order valence-corrected chi connectivity index (χ3v) is 6.08. The van der Waals surface area contributed by atoms with E-state index in [9.17, 15) is 22.0 Å². The molecule has 2 bridgehead atoms. The van der Waals surface area contributed by atoms with E-state index in [1.807, 2.05) is 13.0 Å². The van der Waals surface area contributed by atoms with Crippen molar-refractivity contribution in [1.82, 2.24) is 14.6 Å². The molecule has 1 aliphatic heterocycles. The number of pyridine rings is 1. The summed E-state index contributed by atoms with van der Waals surface area (Å²) in [6.45, 7) is 2.20. The minimum Gasteiger partial charge on any atom is -0.484 e. The number of hydrogen-bond donors (Lipinski definition) is 0. The number of nitrogens with zero attached hydrogens (tertiary/aromatic N) is 7. The lowest BCUT2D eigenvalue weighted by molar-refractivity contribution is -0.144. The second kappa shape index (κ2) is 9.63. The Morgan fingerprint density at radius 1 is 1.15 bits per heavy atom. The number of halogens is 5. The molecule has 0 spiro atoms. The molecule has 2 fully saturated rings. The predicted octanol–water partition coefficient (Wildman–Crippen LogP) is 3.91. The van der Waals surface area contributed by atoms with E-state index < -0.39 is 24.9 Å². The first-order valence-corrected chi connectivity index (χ1v) is 10.8. The van der Waals surface area contributed by atoms with Crippen LogP contribution in [0.25, 0.3) is 0 Å². The molecule has 0 unspecified atom stereocenters. The maximum atomic E-state index is 13.7. The lowest BCUT2D eigenvalue weighted by atomic mass is 9.93. The van der Waals surface area contributed by atoms with Crippen molar-refractivity contribution in [3.8, 4) is 5.75 Å². The molecule has 4 rings (SSSR count). The van der Waals surface area contributed by atoms with Crippen LogP contribution in [-0.2, 0) is 6.18 Å². The molecule has 3 atom stereocenters. The predicted molar refractivity (Wildman–Crippen MR) is 112 cm³/mol. The van der Waals surface area contributed by atoms with E-state index in [0.717, 1.165) is 36.5 Å². The normalized spacial score (nSPS) is 23.4. The van der Waals surface area contributed by atoms with Crippen LogP contribution in [0.2, 0.25) is 0 Å². The molecule has 1 saturated heterocycles. The molecule has 13 heteroatoms. The summed E-state index contributed by atoms with van der Waals surface area (Å²) in [5.41, 5.74) is -0.608. The summed E-state index contributed by atoms with van der Waals surface area (Å²) < 4.78 is 71.7. The van der Waals surface area contributed by atoms with Crippen LogP contribution in [0.3, 0.4) is 0 Å². The molecule has 0 aromatic carbocycles. The van der Waals surface area contributed by atoms with Gasteiger partial charge in [-0.2, -0.15) is 23.0 Å². The largest absolute Gasteiger partial charge is 0.484 e. The number of piperidine rings is 1. The number of anilines is 1. The van der Waals surface area contributed by atoms with Crippen molar-refractivity contribution < 1.29 is 26.7 Å². The number of ether oxygens (including phenoxy) is 1. The molecule has 0 radical (unpaired) electrons. The Labute approximate surface area is 192 Å². The number of aromatic nitrogens is 3. The van der Waals surface area contributed by atoms with Gasteiger partial charge in [-0.3, -0.25) is 4.99 Å². The number of hydrogen-bond acceptors (Lipinski definition) is 7. The summed E-state index contributed by atoms with van der Waals surface area (Å²) in [6.07, 6.45) is -4.30. The van der Waals surface area contributed by atoms with Gasteiger partial charge in [-0.15, -0.1) is 0 Å². The van der Waals surface area contributed by atoms with E-state index in [1.54, 1.807) is 0 Å². The molecule has 3 heterocycles. The van der Waals surface area contributed by atoms with Crippen LogP contribution < -0.4 is 15.1 Å². The van der Waals surface area contributed by atoms with Crippen LogP contribution >= 0.6 is 0 Å². The van der Waals surface area contributed by atoms with Gasteiger partial charge in [0.05, 0.1) is 6.04 Å². The van der Waals surface area contributed by atoms with Crippen LogP contribution in [0.1, 0.15) is 24.2 Å². The zero-order valence-electron chi connectivity index (χ0n) is 18.6. The summed E-state index contributed by atoms with van der Waals surface area (Å²) in [7, 11) is 1.24. The zero-order chi connectivity index (χ0) is 24.5. The fraction of sp³-hybridized carbons (Fsp3) is 0.571. The van der Waals surface area contributed by atoms with Crippen molar-refractivity contribution in [1.29, 1.82) is 0 Å². The van der Waals surface area contributed by atoms with E-state index in [2.05, 4.69) is 30.2 Å². The van der Waals surface area contributed by atoms with Gasteiger partial charge in [0.2, 0.25) is 0 Å². The number of alkyl halides is 5. The Morgan fingerprint density at radius 3 is 2.44 bits per heavy atom. The van der Waals surface area contributed by atoms with Crippen molar-refractivity contribution in [2.45, 2.75) is 38.4 Å². The van der Waals surface area contributed by atoms with Crippen molar-refractivity contribution in [2.75, 3.05) is 31.6 Å². The summed E-state index contributed by atoms with van der Waals surface area (Å²) in [4.78, 5) is 14.4. The summed E-state index contributed by atoms with van der Waals surface area (Å²) in [5.74, 6) is 0.761. The highest BCUT2D eigenvalue weighted by atomic mass is 19.4. The average molecular weight is 485 g/mol. The van der Waals surface area contributed by atoms with Crippen molar-refractivity contribution >= 4 is 5.82 Å². The molecule has 1 saturated carbocycles. The van der Waals surface area contributed by atoms with Gasteiger partial charge in [0.25, 0.3) is 6.43 Å². The summed E-state index contributed by atoms with van der Waals surface area (Å²) in [6, 6.07) is 3.31. The van der Waals surface area contributed by atoms with Crippen LogP contribution in [0.4, 0.5) is 27.8 Å². The quantitative estimate of drug-likeness (QED) is 0.459. The van der Waals surface area contributed by atoms with Crippen LogP contribution in [0.5, 0.6) is 5.75 Å².